The summed E-state index contributed by atoms with van der Waals surface area (Å²) in [6.45, 7) is -0.822. The number of nitrogens with one attached hydrogen (secondary N) is 1. The highest BCUT2D eigenvalue weighted by Crippen LogP contribution is 2.24. The van der Waals surface area contributed by atoms with E-state index in [4.69, 9.17) is 0 Å². The van der Waals surface area contributed by atoms with E-state index in [-0.39, 0.29) is 0 Å². The van der Waals surface area contributed by atoms with Crippen LogP contribution in [0.4, 0.5) is 8.78 Å². The predicted octanol–water partition coefficient (Wildman–Crippen LogP) is 2.05. The molecule has 2 nitrogen and oxygen atoms in total. The van der Waals surface area contributed by atoms with Crippen molar-refractivity contribution >= 4 is 0 Å². The van der Waals surface area contributed by atoms with Crippen molar-refractivity contribution in [1.82, 2.24) is 5.32 Å². The SMILES string of the molecule is FC(F)Oc1ccccc1CC1CNC1. The van der Waals surface area contributed by atoms with Crippen LogP contribution in [0.15, 0.2) is 24.3 Å². The molecule has 0 atom stereocenters. The molecule has 0 bridgehead atoms. The Morgan fingerprint density at radius 3 is 2.67 bits per heavy atom. The summed E-state index contributed by atoms with van der Waals surface area (Å²) >= 11 is 0. The van der Waals surface area contributed by atoms with Gasteiger partial charge in [-0.05, 0) is 37.1 Å². The van der Waals surface area contributed by atoms with Gasteiger partial charge >= 0.3 is 6.61 Å². The van der Waals surface area contributed by atoms with Crippen LogP contribution in [-0.2, 0) is 6.42 Å². The van der Waals surface area contributed by atoms with E-state index >= 15 is 0 Å². The highest BCUT2D eigenvalue weighted by atomic mass is 19.3. The lowest BCUT2D eigenvalue weighted by Crippen LogP contribution is -2.43. The molecular formula is C11H13F2NO. The van der Waals surface area contributed by atoms with Crippen LogP contribution in [0, 0.1) is 5.92 Å². The Labute approximate surface area is 87.2 Å². The first-order valence-electron chi connectivity index (χ1n) is 4.99. The van der Waals surface area contributed by atoms with Gasteiger partial charge in [-0.1, -0.05) is 18.2 Å². The number of alkyl halides is 2. The second-order valence-electron chi connectivity index (χ2n) is 3.71. The molecule has 0 unspecified atom stereocenters. The van der Waals surface area contributed by atoms with Crippen LogP contribution in [-0.4, -0.2) is 19.7 Å². The van der Waals surface area contributed by atoms with Crippen molar-refractivity contribution in [3.05, 3.63) is 29.8 Å². The van der Waals surface area contributed by atoms with E-state index in [2.05, 4.69) is 10.1 Å². The van der Waals surface area contributed by atoms with Crippen molar-refractivity contribution < 1.29 is 13.5 Å². The van der Waals surface area contributed by atoms with Gasteiger partial charge in [-0.3, -0.25) is 0 Å². The molecule has 1 saturated heterocycles. The molecule has 1 fully saturated rings. The highest BCUT2D eigenvalue weighted by molar-refractivity contribution is 5.33. The number of benzene rings is 1. The third-order valence-corrected chi connectivity index (χ3v) is 2.56. The van der Waals surface area contributed by atoms with Gasteiger partial charge in [0.1, 0.15) is 5.75 Å². The number of para-hydroxylation sites is 1. The molecule has 15 heavy (non-hydrogen) atoms. The van der Waals surface area contributed by atoms with Gasteiger partial charge in [0.2, 0.25) is 0 Å². The van der Waals surface area contributed by atoms with Crippen molar-refractivity contribution in [2.24, 2.45) is 5.92 Å². The summed E-state index contributed by atoms with van der Waals surface area (Å²) in [7, 11) is 0. The fourth-order valence-corrected chi connectivity index (χ4v) is 1.69. The highest BCUT2D eigenvalue weighted by Gasteiger charge is 2.19. The van der Waals surface area contributed by atoms with Crippen molar-refractivity contribution in [3.63, 3.8) is 0 Å². The summed E-state index contributed by atoms with van der Waals surface area (Å²) in [6.07, 6.45) is 0.801. The zero-order valence-corrected chi connectivity index (χ0v) is 8.25. The third kappa shape index (κ3) is 2.65. The maximum atomic E-state index is 12.1. The van der Waals surface area contributed by atoms with Gasteiger partial charge in [0.15, 0.2) is 0 Å². The molecule has 82 valence electrons. The molecule has 0 spiro atoms. The first kappa shape index (κ1) is 10.4. The number of hydrogen-bond donors (Lipinski definition) is 1. The lowest BCUT2D eigenvalue weighted by atomic mass is 9.94. The summed E-state index contributed by atoms with van der Waals surface area (Å²) in [4.78, 5) is 0. The normalized spacial score (nSPS) is 16.5. The first-order valence-corrected chi connectivity index (χ1v) is 4.99. The summed E-state index contributed by atoms with van der Waals surface area (Å²) in [6, 6.07) is 6.99. The Kier molecular flexibility index (Phi) is 3.16. The van der Waals surface area contributed by atoms with Gasteiger partial charge in [-0.25, -0.2) is 0 Å². The molecule has 1 aliphatic heterocycles. The van der Waals surface area contributed by atoms with E-state index < -0.39 is 6.61 Å². The Balaban J connectivity index is 2.06. The molecule has 0 aromatic heterocycles. The fourth-order valence-electron chi connectivity index (χ4n) is 1.69. The molecule has 0 radical (unpaired) electrons. The van der Waals surface area contributed by atoms with Crippen molar-refractivity contribution in [2.75, 3.05) is 13.1 Å². The van der Waals surface area contributed by atoms with Crippen molar-refractivity contribution in [1.29, 1.82) is 0 Å². The van der Waals surface area contributed by atoms with E-state index in [0.717, 1.165) is 25.1 Å². The van der Waals surface area contributed by atoms with Gasteiger partial charge in [-0.15, -0.1) is 0 Å². The molecule has 0 aliphatic carbocycles. The van der Waals surface area contributed by atoms with Crippen LogP contribution in [0.3, 0.4) is 0 Å². The van der Waals surface area contributed by atoms with E-state index in [1.54, 1.807) is 12.1 Å². The maximum Gasteiger partial charge on any atom is 0.387 e. The molecule has 1 aliphatic rings. The molecule has 2 rings (SSSR count). The molecular weight excluding hydrogens is 200 g/mol. The summed E-state index contributed by atoms with van der Waals surface area (Å²) in [5.41, 5.74) is 0.865. The minimum Gasteiger partial charge on any atom is -0.435 e. The van der Waals surface area contributed by atoms with E-state index in [9.17, 15) is 8.78 Å². The molecule has 1 N–H and O–H groups in total. The molecule has 4 heteroatoms. The quantitative estimate of drug-likeness (QED) is 0.826. The summed E-state index contributed by atoms with van der Waals surface area (Å²) in [5, 5.41) is 3.15. The second-order valence-corrected chi connectivity index (χ2v) is 3.71. The van der Waals surface area contributed by atoms with Crippen LogP contribution >= 0.6 is 0 Å². The van der Waals surface area contributed by atoms with E-state index in [0.29, 0.717) is 11.7 Å². The number of hydrogen-bond acceptors (Lipinski definition) is 2. The van der Waals surface area contributed by atoms with Crippen molar-refractivity contribution in [2.45, 2.75) is 13.0 Å². The van der Waals surface area contributed by atoms with Gasteiger partial charge < -0.3 is 10.1 Å². The number of halogens is 2. The van der Waals surface area contributed by atoms with Gasteiger partial charge in [-0.2, -0.15) is 8.78 Å². The fraction of sp³-hybridized carbons (Fsp3) is 0.455. The Morgan fingerprint density at radius 1 is 1.33 bits per heavy atom. The van der Waals surface area contributed by atoms with Crippen LogP contribution in [0.25, 0.3) is 0 Å². The standard InChI is InChI=1S/C11H13F2NO/c12-11(13)15-10-4-2-1-3-9(10)5-8-6-14-7-8/h1-4,8,11,14H,5-7H2. The Hall–Kier alpha value is -1.16. The molecule has 1 heterocycles. The number of rotatable bonds is 4. The molecule has 0 saturated carbocycles. The molecule has 0 amide bonds. The average Bonchev–Trinajstić information content (AvgIpc) is 2.13. The van der Waals surface area contributed by atoms with Crippen molar-refractivity contribution in [3.8, 4) is 5.75 Å². The lowest BCUT2D eigenvalue weighted by molar-refractivity contribution is -0.0505. The second kappa shape index (κ2) is 4.57. The minimum atomic E-state index is -2.74. The predicted molar refractivity (Wildman–Crippen MR) is 53.1 cm³/mol. The Morgan fingerprint density at radius 2 is 2.07 bits per heavy atom. The maximum absolute atomic E-state index is 12.1. The summed E-state index contributed by atoms with van der Waals surface area (Å²) in [5.74, 6) is 0.854. The van der Waals surface area contributed by atoms with Crippen LogP contribution in [0.5, 0.6) is 5.75 Å². The topological polar surface area (TPSA) is 21.3 Å². The Bertz CT molecular complexity index is 326. The zero-order valence-electron chi connectivity index (χ0n) is 8.25. The summed E-state index contributed by atoms with van der Waals surface area (Å²) < 4.78 is 28.7. The first-order chi connectivity index (χ1) is 7.25. The van der Waals surface area contributed by atoms with Gasteiger partial charge in [0.25, 0.3) is 0 Å². The van der Waals surface area contributed by atoms with E-state index in [1.165, 1.54) is 0 Å². The van der Waals surface area contributed by atoms with Gasteiger partial charge in [0.05, 0.1) is 0 Å². The lowest BCUT2D eigenvalue weighted by Gasteiger charge is -2.27. The smallest absolute Gasteiger partial charge is 0.387 e. The minimum absolute atomic E-state index is 0.305. The average molecular weight is 213 g/mol. The van der Waals surface area contributed by atoms with Gasteiger partial charge in [0, 0.05) is 0 Å². The number of ether oxygens (including phenoxy) is 1. The van der Waals surface area contributed by atoms with Crippen LogP contribution < -0.4 is 10.1 Å². The zero-order chi connectivity index (χ0) is 10.7. The van der Waals surface area contributed by atoms with Crippen LogP contribution in [0.1, 0.15) is 5.56 Å². The largest absolute Gasteiger partial charge is 0.435 e. The third-order valence-electron chi connectivity index (χ3n) is 2.56. The molecule has 1 aromatic carbocycles. The van der Waals surface area contributed by atoms with Crippen LogP contribution in [0.2, 0.25) is 0 Å². The van der Waals surface area contributed by atoms with E-state index in [1.807, 2.05) is 12.1 Å². The molecule has 1 aromatic rings. The monoisotopic (exact) mass is 213 g/mol.